The SMILES string of the molecule is C[C@H]1CN(S(=O)(=O)c2ccc(C(=O)NCCc3c[nH]c4ccccc34)cc2)C[C@H](C)O1. The monoisotopic (exact) mass is 441 g/mol. The molecule has 1 aliphatic rings. The van der Waals surface area contributed by atoms with Gasteiger partial charge in [0.05, 0.1) is 17.1 Å². The number of fused-ring (bicyclic) bond motifs is 1. The average molecular weight is 442 g/mol. The molecule has 1 aliphatic heterocycles. The molecule has 0 saturated carbocycles. The maximum atomic E-state index is 12.9. The van der Waals surface area contributed by atoms with Gasteiger partial charge in [-0.05, 0) is 56.2 Å². The van der Waals surface area contributed by atoms with E-state index in [1.54, 1.807) is 12.1 Å². The van der Waals surface area contributed by atoms with Crippen LogP contribution >= 0.6 is 0 Å². The number of H-pyrrole nitrogens is 1. The van der Waals surface area contributed by atoms with Gasteiger partial charge < -0.3 is 15.0 Å². The van der Waals surface area contributed by atoms with Gasteiger partial charge in [-0.3, -0.25) is 4.79 Å². The van der Waals surface area contributed by atoms with E-state index in [2.05, 4.69) is 16.4 Å². The Balaban J connectivity index is 1.37. The van der Waals surface area contributed by atoms with Crippen LogP contribution in [0.2, 0.25) is 0 Å². The summed E-state index contributed by atoms with van der Waals surface area (Å²) in [4.78, 5) is 15.9. The molecule has 1 amide bonds. The van der Waals surface area contributed by atoms with E-state index in [4.69, 9.17) is 4.74 Å². The van der Waals surface area contributed by atoms with E-state index in [1.807, 2.05) is 38.2 Å². The summed E-state index contributed by atoms with van der Waals surface area (Å²) in [6, 6.07) is 14.1. The topological polar surface area (TPSA) is 91.5 Å². The highest BCUT2D eigenvalue weighted by atomic mass is 32.2. The van der Waals surface area contributed by atoms with E-state index in [0.29, 0.717) is 31.6 Å². The highest BCUT2D eigenvalue weighted by Gasteiger charge is 2.32. The van der Waals surface area contributed by atoms with E-state index >= 15 is 0 Å². The molecular weight excluding hydrogens is 414 g/mol. The van der Waals surface area contributed by atoms with Gasteiger partial charge in [0, 0.05) is 42.3 Å². The van der Waals surface area contributed by atoms with E-state index in [0.717, 1.165) is 16.5 Å². The standard InChI is InChI=1S/C23H27N3O4S/c1-16-14-26(15-17(2)30-16)31(28,29)20-9-7-18(8-10-20)23(27)24-12-11-19-13-25-22-6-4-3-5-21(19)22/h3-10,13,16-17,25H,11-12,14-15H2,1-2H3,(H,24,27)/t16-,17-/m0/s1. The summed E-state index contributed by atoms with van der Waals surface area (Å²) in [6.45, 7) is 4.86. The van der Waals surface area contributed by atoms with E-state index in [-0.39, 0.29) is 23.0 Å². The summed E-state index contributed by atoms with van der Waals surface area (Å²) in [6.07, 6.45) is 2.36. The summed E-state index contributed by atoms with van der Waals surface area (Å²) in [5, 5.41) is 4.06. The smallest absolute Gasteiger partial charge is 0.251 e. The minimum atomic E-state index is -3.62. The number of carbonyl (C=O) groups is 1. The number of aromatic nitrogens is 1. The summed E-state index contributed by atoms with van der Waals surface area (Å²) in [7, 11) is -3.62. The van der Waals surface area contributed by atoms with Crippen molar-refractivity contribution in [2.24, 2.45) is 0 Å². The van der Waals surface area contributed by atoms with Crippen LogP contribution in [0.25, 0.3) is 10.9 Å². The van der Waals surface area contributed by atoms with E-state index in [9.17, 15) is 13.2 Å². The van der Waals surface area contributed by atoms with Crippen LogP contribution in [0.15, 0.2) is 59.6 Å². The van der Waals surface area contributed by atoms with Crippen LogP contribution < -0.4 is 5.32 Å². The molecule has 4 rings (SSSR count). The van der Waals surface area contributed by atoms with Crippen LogP contribution in [-0.4, -0.2) is 55.5 Å². The van der Waals surface area contributed by atoms with Crippen molar-refractivity contribution in [1.82, 2.24) is 14.6 Å². The third kappa shape index (κ3) is 4.66. The molecule has 164 valence electrons. The number of aromatic amines is 1. The number of sulfonamides is 1. The molecule has 1 aromatic heterocycles. The Hall–Kier alpha value is -2.68. The lowest BCUT2D eigenvalue weighted by molar-refractivity contribution is -0.0440. The minimum Gasteiger partial charge on any atom is -0.373 e. The third-order valence-corrected chi connectivity index (χ3v) is 7.34. The molecule has 0 radical (unpaired) electrons. The maximum absolute atomic E-state index is 12.9. The average Bonchev–Trinajstić information content (AvgIpc) is 3.16. The van der Waals surface area contributed by atoms with E-state index in [1.165, 1.54) is 16.4 Å². The molecule has 2 aromatic carbocycles. The predicted molar refractivity (Wildman–Crippen MR) is 120 cm³/mol. The Morgan fingerprint density at radius 2 is 1.77 bits per heavy atom. The second kappa shape index (κ2) is 8.82. The molecule has 2 N–H and O–H groups in total. The zero-order chi connectivity index (χ0) is 22.0. The van der Waals surface area contributed by atoms with Gasteiger partial charge in [0.15, 0.2) is 0 Å². The summed E-state index contributed by atoms with van der Waals surface area (Å²) >= 11 is 0. The first-order chi connectivity index (χ1) is 14.8. The molecule has 1 saturated heterocycles. The fraction of sp³-hybridized carbons (Fsp3) is 0.348. The summed E-state index contributed by atoms with van der Waals surface area (Å²) in [5.74, 6) is -0.225. The van der Waals surface area contributed by atoms with Gasteiger partial charge in [-0.2, -0.15) is 4.31 Å². The van der Waals surface area contributed by atoms with Gasteiger partial charge >= 0.3 is 0 Å². The van der Waals surface area contributed by atoms with Crippen molar-refractivity contribution >= 4 is 26.8 Å². The normalized spacial score (nSPS) is 20.1. The van der Waals surface area contributed by atoms with Crippen molar-refractivity contribution in [3.8, 4) is 0 Å². The number of carbonyl (C=O) groups excluding carboxylic acids is 1. The lowest BCUT2D eigenvalue weighted by atomic mass is 10.1. The Morgan fingerprint density at radius 1 is 1.10 bits per heavy atom. The second-order valence-electron chi connectivity index (χ2n) is 7.97. The van der Waals surface area contributed by atoms with Crippen LogP contribution in [0.3, 0.4) is 0 Å². The van der Waals surface area contributed by atoms with Crippen LogP contribution in [0, 0.1) is 0 Å². The molecule has 8 heteroatoms. The number of benzene rings is 2. The first kappa shape index (κ1) is 21.5. The van der Waals surface area contributed by atoms with Gasteiger partial charge in [0.2, 0.25) is 10.0 Å². The molecule has 2 heterocycles. The molecule has 7 nitrogen and oxygen atoms in total. The largest absolute Gasteiger partial charge is 0.373 e. The minimum absolute atomic E-state index is 0.152. The number of hydrogen-bond donors (Lipinski definition) is 2. The number of amides is 1. The number of para-hydroxylation sites is 1. The number of hydrogen-bond acceptors (Lipinski definition) is 4. The lowest BCUT2D eigenvalue weighted by Crippen LogP contribution is -2.48. The zero-order valence-electron chi connectivity index (χ0n) is 17.7. The van der Waals surface area contributed by atoms with Crippen molar-refractivity contribution in [2.45, 2.75) is 37.4 Å². The number of ether oxygens (including phenoxy) is 1. The van der Waals surface area contributed by atoms with Crippen molar-refractivity contribution in [3.63, 3.8) is 0 Å². The first-order valence-electron chi connectivity index (χ1n) is 10.4. The number of morpholine rings is 1. The zero-order valence-corrected chi connectivity index (χ0v) is 18.5. The van der Waals surface area contributed by atoms with Crippen LogP contribution in [0.4, 0.5) is 0 Å². The lowest BCUT2D eigenvalue weighted by Gasteiger charge is -2.34. The predicted octanol–water partition coefficient (Wildman–Crippen LogP) is 2.94. The van der Waals surface area contributed by atoms with Crippen LogP contribution in [0.1, 0.15) is 29.8 Å². The van der Waals surface area contributed by atoms with Crippen molar-refractivity contribution in [2.75, 3.05) is 19.6 Å². The van der Waals surface area contributed by atoms with Gasteiger partial charge in [0.1, 0.15) is 0 Å². The second-order valence-corrected chi connectivity index (χ2v) is 9.91. The highest BCUT2D eigenvalue weighted by Crippen LogP contribution is 2.22. The Morgan fingerprint density at radius 3 is 2.48 bits per heavy atom. The molecule has 0 bridgehead atoms. The van der Waals surface area contributed by atoms with Crippen molar-refractivity contribution < 1.29 is 17.9 Å². The summed E-state index contributed by atoms with van der Waals surface area (Å²) in [5.41, 5.74) is 2.65. The molecule has 2 atom stereocenters. The Labute approximate surface area is 182 Å². The molecule has 0 aliphatic carbocycles. The molecule has 3 aromatic rings. The number of nitrogens with zero attached hydrogens (tertiary/aromatic N) is 1. The van der Waals surface area contributed by atoms with Gasteiger partial charge in [-0.1, -0.05) is 18.2 Å². The van der Waals surface area contributed by atoms with Crippen molar-refractivity contribution in [1.29, 1.82) is 0 Å². The van der Waals surface area contributed by atoms with E-state index < -0.39 is 10.0 Å². The fourth-order valence-electron chi connectivity index (χ4n) is 4.01. The van der Waals surface area contributed by atoms with Crippen LogP contribution in [-0.2, 0) is 21.2 Å². The summed E-state index contributed by atoms with van der Waals surface area (Å²) < 4.78 is 32.9. The van der Waals surface area contributed by atoms with Gasteiger partial charge in [-0.25, -0.2) is 8.42 Å². The number of rotatable bonds is 6. The molecule has 31 heavy (non-hydrogen) atoms. The quantitative estimate of drug-likeness (QED) is 0.615. The Kier molecular flexibility index (Phi) is 6.13. The van der Waals surface area contributed by atoms with Crippen LogP contribution in [0.5, 0.6) is 0 Å². The first-order valence-corrected chi connectivity index (χ1v) is 11.9. The third-order valence-electron chi connectivity index (χ3n) is 5.50. The molecule has 0 unspecified atom stereocenters. The molecular formula is C23H27N3O4S. The van der Waals surface area contributed by atoms with Crippen molar-refractivity contribution in [3.05, 3.63) is 65.9 Å². The Bertz CT molecular complexity index is 1160. The fourth-order valence-corrected chi connectivity index (χ4v) is 5.60. The van der Waals surface area contributed by atoms with Gasteiger partial charge in [0.25, 0.3) is 5.91 Å². The molecule has 1 fully saturated rings. The molecule has 0 spiro atoms. The maximum Gasteiger partial charge on any atom is 0.251 e. The highest BCUT2D eigenvalue weighted by molar-refractivity contribution is 7.89. The number of nitrogens with one attached hydrogen (secondary N) is 2. The van der Waals surface area contributed by atoms with Gasteiger partial charge in [-0.15, -0.1) is 0 Å².